The van der Waals surface area contributed by atoms with Crippen LogP contribution in [0.5, 0.6) is 0 Å². The first-order valence-electron chi connectivity index (χ1n) is 5.05. The van der Waals surface area contributed by atoms with Crippen LogP contribution in [0.15, 0.2) is 0 Å². The van der Waals surface area contributed by atoms with Crippen molar-refractivity contribution in [1.29, 1.82) is 0 Å². The summed E-state index contributed by atoms with van der Waals surface area (Å²) in [6, 6.07) is 0.0725. The number of rotatable bonds is 3. The van der Waals surface area contributed by atoms with Crippen molar-refractivity contribution in [1.82, 2.24) is 5.32 Å². The van der Waals surface area contributed by atoms with Crippen LogP contribution in [-0.2, 0) is 14.3 Å². The van der Waals surface area contributed by atoms with Gasteiger partial charge in [-0.15, -0.1) is 0 Å². The van der Waals surface area contributed by atoms with Crippen LogP contribution >= 0.6 is 0 Å². The maximum Gasteiger partial charge on any atom is 0.307 e. The van der Waals surface area contributed by atoms with Gasteiger partial charge in [-0.05, 0) is 5.41 Å². The molecule has 2 aliphatic rings. The minimum Gasteiger partial charge on any atom is -0.481 e. The molecule has 1 aliphatic heterocycles. The third kappa shape index (κ3) is 1.61. The highest BCUT2D eigenvalue weighted by molar-refractivity contribution is 5.91. The van der Waals surface area contributed by atoms with Gasteiger partial charge in [-0.25, -0.2) is 0 Å². The molecule has 5 heteroatoms. The van der Waals surface area contributed by atoms with Crippen LogP contribution in [-0.4, -0.2) is 36.2 Å². The molecule has 2 rings (SSSR count). The van der Waals surface area contributed by atoms with Crippen LogP contribution in [0.3, 0.4) is 0 Å². The minimum atomic E-state index is -0.884. The summed E-state index contributed by atoms with van der Waals surface area (Å²) in [5.74, 6) is -1.97. The van der Waals surface area contributed by atoms with Gasteiger partial charge in [-0.1, -0.05) is 13.8 Å². The van der Waals surface area contributed by atoms with E-state index in [-0.39, 0.29) is 11.9 Å². The van der Waals surface area contributed by atoms with Crippen molar-refractivity contribution >= 4 is 11.9 Å². The number of hydrogen-bond donors (Lipinski definition) is 2. The Morgan fingerprint density at radius 3 is 2.27 bits per heavy atom. The van der Waals surface area contributed by atoms with Crippen molar-refractivity contribution < 1.29 is 19.4 Å². The van der Waals surface area contributed by atoms with Crippen molar-refractivity contribution in [2.75, 3.05) is 13.2 Å². The summed E-state index contributed by atoms with van der Waals surface area (Å²) in [7, 11) is 0. The third-order valence-electron chi connectivity index (χ3n) is 3.36. The van der Waals surface area contributed by atoms with Crippen LogP contribution in [0.25, 0.3) is 0 Å². The number of amides is 1. The maximum absolute atomic E-state index is 11.7. The van der Waals surface area contributed by atoms with Gasteiger partial charge in [0.05, 0.1) is 31.1 Å². The van der Waals surface area contributed by atoms with E-state index in [1.165, 1.54) is 0 Å². The van der Waals surface area contributed by atoms with E-state index in [9.17, 15) is 9.59 Å². The summed E-state index contributed by atoms with van der Waals surface area (Å²) in [5, 5.41) is 11.7. The number of carboxylic acids is 1. The lowest BCUT2D eigenvalue weighted by atomic mass is 10.1. The molecule has 5 nitrogen and oxygen atoms in total. The molecule has 0 aromatic rings. The van der Waals surface area contributed by atoms with Gasteiger partial charge in [0.1, 0.15) is 0 Å². The highest BCUT2D eigenvalue weighted by Crippen LogP contribution is 2.58. The van der Waals surface area contributed by atoms with Gasteiger partial charge in [0, 0.05) is 0 Å². The zero-order chi connectivity index (χ0) is 11.2. The van der Waals surface area contributed by atoms with Crippen LogP contribution in [0.4, 0.5) is 0 Å². The number of hydrogen-bond acceptors (Lipinski definition) is 3. The summed E-state index contributed by atoms with van der Waals surface area (Å²) in [6.45, 7) is 4.70. The summed E-state index contributed by atoms with van der Waals surface area (Å²) in [4.78, 5) is 22.6. The van der Waals surface area contributed by atoms with Gasteiger partial charge in [-0.2, -0.15) is 0 Å². The lowest BCUT2D eigenvalue weighted by molar-refractivity contribution is -0.140. The van der Waals surface area contributed by atoms with Gasteiger partial charge in [0.15, 0.2) is 0 Å². The van der Waals surface area contributed by atoms with E-state index >= 15 is 0 Å². The molecule has 0 aromatic heterocycles. The highest BCUT2D eigenvalue weighted by atomic mass is 16.5. The Morgan fingerprint density at radius 2 is 1.93 bits per heavy atom. The molecular formula is C10H15NO4. The van der Waals surface area contributed by atoms with Gasteiger partial charge >= 0.3 is 5.97 Å². The molecule has 84 valence electrons. The molecule has 2 atom stereocenters. The fourth-order valence-corrected chi connectivity index (χ4v) is 2.20. The molecule has 15 heavy (non-hydrogen) atoms. The second-order valence-corrected chi connectivity index (χ2v) is 4.86. The molecule has 1 heterocycles. The van der Waals surface area contributed by atoms with E-state index in [0.29, 0.717) is 13.2 Å². The fraction of sp³-hybridized carbons (Fsp3) is 0.800. The first-order valence-corrected chi connectivity index (χ1v) is 5.05. The van der Waals surface area contributed by atoms with E-state index in [0.717, 1.165) is 0 Å². The average molecular weight is 213 g/mol. The quantitative estimate of drug-likeness (QED) is 0.684. The molecule has 2 N–H and O–H groups in total. The summed E-state index contributed by atoms with van der Waals surface area (Å²) in [5.41, 5.74) is -0.416. The van der Waals surface area contributed by atoms with E-state index < -0.39 is 23.2 Å². The molecule has 1 saturated carbocycles. The van der Waals surface area contributed by atoms with E-state index in [1.54, 1.807) is 0 Å². The van der Waals surface area contributed by atoms with Crippen LogP contribution in [0.2, 0.25) is 0 Å². The Morgan fingerprint density at radius 1 is 1.33 bits per heavy atom. The van der Waals surface area contributed by atoms with E-state index in [2.05, 4.69) is 5.32 Å². The zero-order valence-corrected chi connectivity index (χ0v) is 8.82. The molecule has 1 aliphatic carbocycles. The normalized spacial score (nSPS) is 32.9. The number of ether oxygens (including phenoxy) is 1. The van der Waals surface area contributed by atoms with E-state index in [4.69, 9.17) is 9.84 Å². The molecule has 1 amide bonds. The summed E-state index contributed by atoms with van der Waals surface area (Å²) < 4.78 is 4.93. The highest BCUT2D eigenvalue weighted by Gasteiger charge is 2.66. The van der Waals surface area contributed by atoms with Crippen molar-refractivity contribution in [2.45, 2.75) is 19.9 Å². The maximum atomic E-state index is 11.7. The SMILES string of the molecule is CC1(C)[C@H](C(=O)O)[C@@H]1C(=O)NC1COC1. The Kier molecular flexibility index (Phi) is 2.22. The van der Waals surface area contributed by atoms with Gasteiger partial charge in [0.2, 0.25) is 5.91 Å². The molecule has 2 fully saturated rings. The summed E-state index contributed by atoms with van der Waals surface area (Å²) in [6.07, 6.45) is 0. The third-order valence-corrected chi connectivity index (χ3v) is 3.36. The molecule has 0 unspecified atom stereocenters. The van der Waals surface area contributed by atoms with Crippen molar-refractivity contribution in [2.24, 2.45) is 17.3 Å². The minimum absolute atomic E-state index is 0.0725. The number of aliphatic carboxylic acids is 1. The smallest absolute Gasteiger partial charge is 0.307 e. The van der Waals surface area contributed by atoms with Gasteiger partial charge < -0.3 is 15.2 Å². The Labute approximate surface area is 87.8 Å². The number of carbonyl (C=O) groups excluding carboxylic acids is 1. The topological polar surface area (TPSA) is 75.6 Å². The first-order chi connectivity index (χ1) is 6.94. The number of nitrogens with one attached hydrogen (secondary N) is 1. The van der Waals surface area contributed by atoms with Crippen molar-refractivity contribution in [3.63, 3.8) is 0 Å². The predicted molar refractivity (Wildman–Crippen MR) is 51.1 cm³/mol. The molecule has 1 saturated heterocycles. The van der Waals surface area contributed by atoms with Crippen LogP contribution in [0.1, 0.15) is 13.8 Å². The standard InChI is InChI=1S/C10H15NO4/c1-10(2)6(7(10)9(13)14)8(12)11-5-3-15-4-5/h5-7H,3-4H2,1-2H3,(H,11,12)(H,13,14)/t6-,7+/m1/s1. The number of carboxylic acid groups (broad SMARTS) is 1. The van der Waals surface area contributed by atoms with Crippen LogP contribution < -0.4 is 5.32 Å². The first kappa shape index (κ1) is 10.4. The van der Waals surface area contributed by atoms with Crippen molar-refractivity contribution in [3.05, 3.63) is 0 Å². The summed E-state index contributed by atoms with van der Waals surface area (Å²) >= 11 is 0. The Hall–Kier alpha value is -1.10. The largest absolute Gasteiger partial charge is 0.481 e. The zero-order valence-electron chi connectivity index (χ0n) is 8.82. The second-order valence-electron chi connectivity index (χ2n) is 4.86. The van der Waals surface area contributed by atoms with Gasteiger partial charge in [0.25, 0.3) is 0 Å². The Balaban J connectivity index is 1.94. The molecule has 0 spiro atoms. The molecule has 0 bridgehead atoms. The fourth-order valence-electron chi connectivity index (χ4n) is 2.20. The lowest BCUT2D eigenvalue weighted by Crippen LogP contribution is -2.49. The predicted octanol–water partition coefficient (Wildman–Crippen LogP) is -0.142. The molecular weight excluding hydrogens is 198 g/mol. The van der Waals surface area contributed by atoms with Crippen LogP contribution in [0, 0.1) is 17.3 Å². The van der Waals surface area contributed by atoms with Gasteiger partial charge in [-0.3, -0.25) is 9.59 Å². The monoisotopic (exact) mass is 213 g/mol. The Bertz CT molecular complexity index is 309. The van der Waals surface area contributed by atoms with Crippen molar-refractivity contribution in [3.8, 4) is 0 Å². The molecule has 0 aromatic carbocycles. The average Bonchev–Trinajstić information content (AvgIpc) is 2.61. The lowest BCUT2D eigenvalue weighted by Gasteiger charge is -2.27. The molecule has 0 radical (unpaired) electrons. The second kappa shape index (κ2) is 3.20. The number of carbonyl (C=O) groups is 2. The van der Waals surface area contributed by atoms with E-state index in [1.807, 2.05) is 13.8 Å².